The third-order valence-corrected chi connectivity index (χ3v) is 2.79. The maximum Gasteiger partial charge on any atom is 0.0477 e. The average molecular weight is 325 g/mol. The zero-order valence-corrected chi connectivity index (χ0v) is 11.2. The summed E-state index contributed by atoms with van der Waals surface area (Å²) in [7, 11) is 0. The van der Waals surface area contributed by atoms with Gasteiger partial charge >= 0.3 is 0 Å². The fraction of sp³-hybridized carbons (Fsp3) is 0.400. The van der Waals surface area contributed by atoms with E-state index in [1.807, 2.05) is 32.0 Å². The number of benzene rings is 1. The zero-order valence-electron chi connectivity index (χ0n) is 8.27. The fourth-order valence-electron chi connectivity index (χ4n) is 0.956. The molecule has 1 rings (SSSR count). The second kappa shape index (κ2) is 4.68. The fourth-order valence-corrected chi connectivity index (χ4v) is 2.02. The molecule has 1 aromatic carbocycles. The van der Waals surface area contributed by atoms with Crippen LogP contribution in [0.3, 0.4) is 0 Å². The van der Waals surface area contributed by atoms with Crippen LogP contribution in [0.15, 0.2) is 18.2 Å². The molecule has 0 atom stereocenters. The number of hydrogen-bond acceptors (Lipinski definition) is 2. The number of nitrogens with one attached hydrogen (secondary N) is 1. The molecule has 0 fully saturated rings. The van der Waals surface area contributed by atoms with Crippen molar-refractivity contribution in [2.45, 2.75) is 19.4 Å². The van der Waals surface area contributed by atoms with Crippen LogP contribution in [0.5, 0.6) is 0 Å². The third kappa shape index (κ3) is 4.02. The second-order valence-electron chi connectivity index (χ2n) is 3.97. The van der Waals surface area contributed by atoms with Gasteiger partial charge in [-0.15, -0.1) is 0 Å². The van der Waals surface area contributed by atoms with Gasteiger partial charge in [-0.05, 0) is 54.6 Å². The predicted octanol–water partition coefficient (Wildman–Crippen LogP) is 3.09. The third-order valence-electron chi connectivity index (χ3n) is 1.67. The van der Waals surface area contributed by atoms with E-state index in [1.165, 1.54) is 0 Å². The molecule has 78 valence electrons. The van der Waals surface area contributed by atoms with E-state index in [0.29, 0.717) is 0 Å². The van der Waals surface area contributed by atoms with Crippen LogP contribution < -0.4 is 11.1 Å². The molecule has 0 saturated heterocycles. The lowest BCUT2D eigenvalue weighted by Gasteiger charge is -2.20. The van der Waals surface area contributed by atoms with Gasteiger partial charge in [-0.1, -0.05) is 11.6 Å². The Labute approximate surface area is 103 Å². The summed E-state index contributed by atoms with van der Waals surface area (Å²) in [4.78, 5) is 0. The number of anilines is 1. The number of rotatable bonds is 3. The van der Waals surface area contributed by atoms with Crippen molar-refractivity contribution in [1.29, 1.82) is 0 Å². The first kappa shape index (κ1) is 12.1. The zero-order chi connectivity index (χ0) is 10.8. The largest absolute Gasteiger partial charge is 0.382 e. The Kier molecular flexibility index (Phi) is 4.04. The van der Waals surface area contributed by atoms with Crippen molar-refractivity contribution in [3.63, 3.8) is 0 Å². The van der Waals surface area contributed by atoms with Crippen molar-refractivity contribution in [2.24, 2.45) is 5.73 Å². The van der Waals surface area contributed by atoms with Gasteiger partial charge in [0.1, 0.15) is 0 Å². The minimum absolute atomic E-state index is 0.206. The highest BCUT2D eigenvalue weighted by Gasteiger charge is 2.10. The van der Waals surface area contributed by atoms with E-state index in [9.17, 15) is 0 Å². The van der Waals surface area contributed by atoms with Crippen molar-refractivity contribution in [1.82, 2.24) is 0 Å². The van der Waals surface area contributed by atoms with Crippen LogP contribution in [-0.2, 0) is 0 Å². The first-order valence-electron chi connectivity index (χ1n) is 4.36. The lowest BCUT2D eigenvalue weighted by molar-refractivity contribution is 0.549. The van der Waals surface area contributed by atoms with Gasteiger partial charge < -0.3 is 11.1 Å². The van der Waals surface area contributed by atoms with E-state index in [4.69, 9.17) is 17.3 Å². The Bertz CT molecular complexity index is 320. The van der Waals surface area contributed by atoms with Crippen LogP contribution in [0.2, 0.25) is 5.02 Å². The molecule has 0 aromatic heterocycles. The number of nitrogens with two attached hydrogens (primary N) is 1. The Morgan fingerprint density at radius 2 is 2.14 bits per heavy atom. The summed E-state index contributed by atoms with van der Waals surface area (Å²) in [5, 5.41) is 4.05. The molecular formula is C10H14ClIN2. The Balaban J connectivity index is 2.68. The first-order valence-corrected chi connectivity index (χ1v) is 5.82. The van der Waals surface area contributed by atoms with Crippen LogP contribution >= 0.6 is 34.2 Å². The molecule has 0 aliphatic heterocycles. The van der Waals surface area contributed by atoms with E-state index < -0.39 is 0 Å². The summed E-state index contributed by atoms with van der Waals surface area (Å²) in [6, 6.07) is 5.76. The topological polar surface area (TPSA) is 38.0 Å². The summed E-state index contributed by atoms with van der Waals surface area (Å²) in [5.74, 6) is 0. The van der Waals surface area contributed by atoms with Crippen LogP contribution in [0.1, 0.15) is 13.8 Å². The van der Waals surface area contributed by atoms with Crippen molar-refractivity contribution in [3.8, 4) is 0 Å². The van der Waals surface area contributed by atoms with E-state index >= 15 is 0 Å². The standard InChI is InChI=1S/C10H14ClIN2/c1-10(2,13)6-14-9-4-3-7(11)5-8(9)12/h3-5,14H,6,13H2,1-2H3. The van der Waals surface area contributed by atoms with Crippen molar-refractivity contribution in [2.75, 3.05) is 11.9 Å². The molecule has 0 aliphatic rings. The van der Waals surface area contributed by atoms with Gasteiger partial charge in [0.2, 0.25) is 0 Å². The van der Waals surface area contributed by atoms with Gasteiger partial charge in [0.05, 0.1) is 0 Å². The van der Waals surface area contributed by atoms with Crippen LogP contribution in [0.25, 0.3) is 0 Å². The number of hydrogen-bond donors (Lipinski definition) is 2. The molecule has 0 aliphatic carbocycles. The summed E-state index contributed by atoms with van der Waals surface area (Å²) >= 11 is 8.10. The summed E-state index contributed by atoms with van der Waals surface area (Å²) < 4.78 is 1.11. The molecule has 0 spiro atoms. The highest BCUT2D eigenvalue weighted by atomic mass is 127. The SMILES string of the molecule is CC(C)(N)CNc1ccc(Cl)cc1I. The molecule has 4 heteroatoms. The molecular weight excluding hydrogens is 310 g/mol. The van der Waals surface area contributed by atoms with Crippen LogP contribution in [0, 0.1) is 3.57 Å². The summed E-state index contributed by atoms with van der Waals surface area (Å²) in [5.41, 5.74) is 6.74. The smallest absolute Gasteiger partial charge is 0.0477 e. The molecule has 3 N–H and O–H groups in total. The van der Waals surface area contributed by atoms with E-state index in [2.05, 4.69) is 27.9 Å². The van der Waals surface area contributed by atoms with Gasteiger partial charge in [0, 0.05) is 26.4 Å². The monoisotopic (exact) mass is 324 g/mol. The lowest BCUT2D eigenvalue weighted by Crippen LogP contribution is -2.39. The Morgan fingerprint density at radius 3 is 2.64 bits per heavy atom. The summed E-state index contributed by atoms with van der Waals surface area (Å²) in [6.07, 6.45) is 0. The van der Waals surface area contributed by atoms with E-state index in [1.54, 1.807) is 0 Å². The molecule has 0 heterocycles. The van der Waals surface area contributed by atoms with Gasteiger partial charge in [0.25, 0.3) is 0 Å². The Hall–Kier alpha value is -0.000000000000000111. The lowest BCUT2D eigenvalue weighted by atomic mass is 10.1. The van der Waals surface area contributed by atoms with E-state index in [-0.39, 0.29) is 5.54 Å². The van der Waals surface area contributed by atoms with Gasteiger partial charge in [-0.2, -0.15) is 0 Å². The molecule has 0 saturated carbocycles. The molecule has 0 radical (unpaired) electrons. The molecule has 1 aromatic rings. The molecule has 0 unspecified atom stereocenters. The van der Waals surface area contributed by atoms with Crippen molar-refractivity contribution >= 4 is 39.9 Å². The molecule has 0 amide bonds. The maximum absolute atomic E-state index is 5.87. The van der Waals surface area contributed by atoms with Gasteiger partial charge in [-0.3, -0.25) is 0 Å². The quantitative estimate of drug-likeness (QED) is 0.839. The molecule has 14 heavy (non-hydrogen) atoms. The van der Waals surface area contributed by atoms with Gasteiger partial charge in [-0.25, -0.2) is 0 Å². The number of halogens is 2. The minimum atomic E-state index is -0.206. The van der Waals surface area contributed by atoms with Gasteiger partial charge in [0.15, 0.2) is 0 Å². The van der Waals surface area contributed by atoms with Crippen LogP contribution in [-0.4, -0.2) is 12.1 Å². The summed E-state index contributed by atoms with van der Waals surface area (Å²) in [6.45, 7) is 4.72. The predicted molar refractivity (Wildman–Crippen MR) is 70.9 cm³/mol. The molecule has 0 bridgehead atoms. The van der Waals surface area contributed by atoms with Crippen molar-refractivity contribution in [3.05, 3.63) is 26.8 Å². The Morgan fingerprint density at radius 1 is 1.50 bits per heavy atom. The average Bonchev–Trinajstić information content (AvgIpc) is 2.00. The highest BCUT2D eigenvalue weighted by molar-refractivity contribution is 14.1. The second-order valence-corrected chi connectivity index (χ2v) is 5.56. The molecule has 2 nitrogen and oxygen atoms in total. The minimum Gasteiger partial charge on any atom is -0.382 e. The highest BCUT2D eigenvalue weighted by Crippen LogP contribution is 2.22. The normalized spacial score (nSPS) is 11.5. The van der Waals surface area contributed by atoms with E-state index in [0.717, 1.165) is 20.8 Å². The van der Waals surface area contributed by atoms with Crippen LogP contribution in [0.4, 0.5) is 5.69 Å². The maximum atomic E-state index is 5.87. The first-order chi connectivity index (χ1) is 6.38. The van der Waals surface area contributed by atoms with Crippen molar-refractivity contribution < 1.29 is 0 Å².